The van der Waals surface area contributed by atoms with E-state index in [9.17, 15) is 8.42 Å². The Bertz CT molecular complexity index is 564. The third-order valence-electron chi connectivity index (χ3n) is 3.25. The van der Waals surface area contributed by atoms with Gasteiger partial charge in [-0.05, 0) is 31.9 Å². The van der Waals surface area contributed by atoms with Gasteiger partial charge in [0.2, 0.25) is 0 Å². The Morgan fingerprint density at radius 3 is 2.68 bits per heavy atom. The van der Waals surface area contributed by atoms with Gasteiger partial charge in [0.15, 0.2) is 15.8 Å². The first-order chi connectivity index (χ1) is 8.97. The first-order valence-corrected chi connectivity index (χ1v) is 8.04. The monoisotopic (exact) mass is 281 g/mol. The Hall–Kier alpha value is -1.56. The molecular formula is C13H19N3O2S. The summed E-state index contributed by atoms with van der Waals surface area (Å²) in [5.41, 5.74) is 7.77. The Morgan fingerprint density at radius 2 is 2.11 bits per heavy atom. The lowest BCUT2D eigenvalue weighted by molar-refractivity contribution is 0.590. The summed E-state index contributed by atoms with van der Waals surface area (Å²) in [7, 11) is -2.95. The molecule has 1 aliphatic heterocycles. The number of nitrogens with zero attached hydrogens (tertiary/aromatic N) is 1. The molecule has 6 heteroatoms. The molecule has 104 valence electrons. The smallest absolute Gasteiger partial charge is 0.193 e. The molecule has 1 fully saturated rings. The van der Waals surface area contributed by atoms with Crippen molar-refractivity contribution in [3.8, 4) is 0 Å². The lowest BCUT2D eigenvalue weighted by Gasteiger charge is -2.08. The fourth-order valence-corrected chi connectivity index (χ4v) is 3.82. The zero-order valence-corrected chi connectivity index (χ0v) is 11.8. The zero-order valence-electron chi connectivity index (χ0n) is 11.0. The first-order valence-electron chi connectivity index (χ1n) is 6.32. The number of anilines is 1. The lowest BCUT2D eigenvalue weighted by atomic mass is 10.2. The average Bonchev–Trinajstić information content (AvgIpc) is 2.69. The van der Waals surface area contributed by atoms with E-state index in [-0.39, 0.29) is 23.5 Å². The van der Waals surface area contributed by atoms with Crippen LogP contribution in [0.4, 0.5) is 5.69 Å². The van der Waals surface area contributed by atoms with E-state index in [1.807, 2.05) is 31.2 Å². The van der Waals surface area contributed by atoms with Crippen molar-refractivity contribution < 1.29 is 8.42 Å². The number of hydrogen-bond acceptors (Lipinski definition) is 3. The fraction of sp³-hybridized carbons (Fsp3) is 0.462. The molecule has 0 bridgehead atoms. The van der Waals surface area contributed by atoms with Crippen LogP contribution in [0.2, 0.25) is 0 Å². The van der Waals surface area contributed by atoms with Gasteiger partial charge < -0.3 is 11.1 Å². The van der Waals surface area contributed by atoms with Crippen LogP contribution >= 0.6 is 0 Å². The summed E-state index contributed by atoms with van der Waals surface area (Å²) < 4.78 is 23.3. The maximum absolute atomic E-state index is 11.6. The molecule has 1 aromatic rings. The highest BCUT2D eigenvalue weighted by atomic mass is 32.2. The lowest BCUT2D eigenvalue weighted by Crippen LogP contribution is -2.26. The van der Waals surface area contributed by atoms with E-state index in [0.717, 1.165) is 17.7 Å². The predicted molar refractivity (Wildman–Crippen MR) is 78.1 cm³/mol. The number of nitrogens with one attached hydrogen (secondary N) is 1. The van der Waals surface area contributed by atoms with Crippen LogP contribution in [0.5, 0.6) is 0 Å². The highest BCUT2D eigenvalue weighted by Crippen LogP contribution is 2.20. The van der Waals surface area contributed by atoms with E-state index < -0.39 is 9.84 Å². The number of hydrogen-bond donors (Lipinski definition) is 2. The molecule has 0 aliphatic carbocycles. The molecule has 3 N–H and O–H groups in total. The average molecular weight is 281 g/mol. The highest BCUT2D eigenvalue weighted by Gasteiger charge is 2.30. The van der Waals surface area contributed by atoms with Crippen LogP contribution in [0.25, 0.3) is 0 Å². The number of aliphatic imine (C=N–C) groups is 1. The number of aryl methyl sites for hydroxylation is 1. The number of benzene rings is 1. The molecule has 1 atom stereocenters. The number of sulfone groups is 1. The van der Waals surface area contributed by atoms with Crippen molar-refractivity contribution in [3.05, 3.63) is 29.8 Å². The summed E-state index contributed by atoms with van der Waals surface area (Å²) in [4.78, 5) is 4.12. The molecule has 0 saturated carbocycles. The number of rotatable bonds is 3. The normalized spacial score (nSPS) is 22.4. The first kappa shape index (κ1) is 13.9. The van der Waals surface area contributed by atoms with Gasteiger partial charge in [0.1, 0.15) is 0 Å². The molecule has 2 rings (SSSR count). The topological polar surface area (TPSA) is 84.5 Å². The van der Waals surface area contributed by atoms with Gasteiger partial charge in [-0.3, -0.25) is 4.99 Å². The predicted octanol–water partition coefficient (Wildman–Crippen LogP) is 1.30. The summed E-state index contributed by atoms with van der Waals surface area (Å²) in [6.07, 6.45) is 1.41. The van der Waals surface area contributed by atoms with Crippen LogP contribution < -0.4 is 11.1 Å². The minimum Gasteiger partial charge on any atom is -0.370 e. The van der Waals surface area contributed by atoms with Crippen molar-refractivity contribution in [2.75, 3.05) is 17.6 Å². The van der Waals surface area contributed by atoms with Crippen LogP contribution in [-0.2, 0) is 9.84 Å². The maximum Gasteiger partial charge on any atom is 0.193 e. The standard InChI is InChI=1S/C13H19N3O2S/c1-10-4-6-11(7-5-10)16-13(14)15-9-12-3-2-8-19(12,17)18/h4-7,12H,2-3,8-9H2,1H3,(H3,14,15,16). The van der Waals surface area contributed by atoms with E-state index in [0.29, 0.717) is 6.42 Å². The minimum atomic E-state index is -2.95. The fourth-order valence-electron chi connectivity index (χ4n) is 2.09. The zero-order chi connectivity index (χ0) is 13.9. The third kappa shape index (κ3) is 3.70. The van der Waals surface area contributed by atoms with Crippen molar-refractivity contribution in [3.63, 3.8) is 0 Å². The van der Waals surface area contributed by atoms with Crippen LogP contribution in [0.15, 0.2) is 29.3 Å². The van der Waals surface area contributed by atoms with Crippen LogP contribution in [0.1, 0.15) is 18.4 Å². The molecule has 0 spiro atoms. The second-order valence-electron chi connectivity index (χ2n) is 4.85. The summed E-state index contributed by atoms with van der Waals surface area (Å²) >= 11 is 0. The molecule has 0 aromatic heterocycles. The molecule has 0 radical (unpaired) electrons. The van der Waals surface area contributed by atoms with Crippen molar-refractivity contribution in [2.45, 2.75) is 25.0 Å². The SMILES string of the molecule is Cc1ccc(NC(N)=NCC2CCCS2(=O)=O)cc1. The van der Waals surface area contributed by atoms with E-state index in [4.69, 9.17) is 5.73 Å². The van der Waals surface area contributed by atoms with Gasteiger partial charge >= 0.3 is 0 Å². The molecule has 1 unspecified atom stereocenters. The maximum atomic E-state index is 11.6. The molecule has 1 saturated heterocycles. The minimum absolute atomic E-state index is 0.243. The van der Waals surface area contributed by atoms with Crippen molar-refractivity contribution in [1.29, 1.82) is 0 Å². The second-order valence-corrected chi connectivity index (χ2v) is 7.25. The van der Waals surface area contributed by atoms with Crippen LogP contribution in [-0.4, -0.2) is 31.9 Å². The molecule has 5 nitrogen and oxygen atoms in total. The van der Waals surface area contributed by atoms with E-state index >= 15 is 0 Å². The van der Waals surface area contributed by atoms with Gasteiger partial charge in [-0.25, -0.2) is 8.42 Å². The summed E-state index contributed by atoms with van der Waals surface area (Å²) in [5, 5.41) is 2.58. The van der Waals surface area contributed by atoms with Crippen LogP contribution in [0, 0.1) is 6.92 Å². The van der Waals surface area contributed by atoms with Gasteiger partial charge in [-0.2, -0.15) is 0 Å². The molecule has 19 heavy (non-hydrogen) atoms. The van der Waals surface area contributed by atoms with E-state index in [1.165, 1.54) is 0 Å². The molecule has 1 aliphatic rings. The van der Waals surface area contributed by atoms with Gasteiger partial charge in [-0.1, -0.05) is 17.7 Å². The Balaban J connectivity index is 1.94. The van der Waals surface area contributed by atoms with Crippen molar-refractivity contribution in [2.24, 2.45) is 10.7 Å². The van der Waals surface area contributed by atoms with Crippen molar-refractivity contribution >= 4 is 21.5 Å². The highest BCUT2D eigenvalue weighted by molar-refractivity contribution is 7.92. The summed E-state index contributed by atoms with van der Waals surface area (Å²) in [6, 6.07) is 7.75. The van der Waals surface area contributed by atoms with Crippen LogP contribution in [0.3, 0.4) is 0 Å². The van der Waals surface area contributed by atoms with E-state index in [2.05, 4.69) is 10.3 Å². The molecule has 1 heterocycles. The molecule has 0 amide bonds. The number of guanidine groups is 1. The Morgan fingerprint density at radius 1 is 1.42 bits per heavy atom. The van der Waals surface area contributed by atoms with Gasteiger partial charge in [-0.15, -0.1) is 0 Å². The quantitative estimate of drug-likeness (QED) is 0.646. The Labute approximate surface area is 113 Å². The Kier molecular flexibility index (Phi) is 4.09. The molecule has 1 aromatic carbocycles. The van der Waals surface area contributed by atoms with Gasteiger partial charge in [0, 0.05) is 5.69 Å². The van der Waals surface area contributed by atoms with Crippen molar-refractivity contribution in [1.82, 2.24) is 0 Å². The largest absolute Gasteiger partial charge is 0.370 e. The van der Waals surface area contributed by atoms with Gasteiger partial charge in [0.05, 0.1) is 17.5 Å². The molecular weight excluding hydrogens is 262 g/mol. The summed E-state index contributed by atoms with van der Waals surface area (Å²) in [5.74, 6) is 0.532. The third-order valence-corrected chi connectivity index (χ3v) is 5.51. The summed E-state index contributed by atoms with van der Waals surface area (Å²) in [6.45, 7) is 2.25. The second kappa shape index (κ2) is 5.61. The van der Waals surface area contributed by atoms with Gasteiger partial charge in [0.25, 0.3) is 0 Å². The van der Waals surface area contributed by atoms with E-state index in [1.54, 1.807) is 0 Å². The number of nitrogens with two attached hydrogens (primary N) is 1.